The molecule has 0 aliphatic rings. The molecule has 3 aromatic carbocycles. The van der Waals surface area contributed by atoms with Gasteiger partial charge in [-0.2, -0.15) is 0 Å². The molecule has 0 fully saturated rings. The fraction of sp³-hybridized carbons (Fsp3) is 0.0455. The number of nitrogens with one attached hydrogen (secondary N) is 1. The van der Waals surface area contributed by atoms with E-state index in [-0.39, 0.29) is 5.82 Å². The molecule has 134 valence electrons. The van der Waals surface area contributed by atoms with Crippen molar-refractivity contribution in [3.05, 3.63) is 84.3 Å². The molecular formula is C22H19FN4. The number of benzene rings is 3. The van der Waals surface area contributed by atoms with Crippen LogP contribution in [0, 0.1) is 5.82 Å². The zero-order chi connectivity index (χ0) is 18.8. The van der Waals surface area contributed by atoms with Gasteiger partial charge < -0.3 is 16.8 Å². The first-order chi connectivity index (χ1) is 13.1. The van der Waals surface area contributed by atoms with Crippen LogP contribution in [0.3, 0.4) is 0 Å². The molecule has 0 radical (unpaired) electrons. The third-order valence-electron chi connectivity index (χ3n) is 4.59. The lowest BCUT2D eigenvalue weighted by atomic mass is 9.99. The summed E-state index contributed by atoms with van der Waals surface area (Å²) in [7, 11) is 0. The first kappa shape index (κ1) is 16.8. The van der Waals surface area contributed by atoms with Gasteiger partial charge in [0, 0.05) is 18.1 Å². The monoisotopic (exact) mass is 358 g/mol. The molecule has 1 heterocycles. The number of pyridine rings is 1. The Bertz CT molecular complexity index is 1120. The van der Waals surface area contributed by atoms with E-state index in [1.54, 1.807) is 12.3 Å². The zero-order valence-corrected chi connectivity index (χ0v) is 14.6. The molecule has 5 heteroatoms. The summed E-state index contributed by atoms with van der Waals surface area (Å²) in [5, 5.41) is 5.19. The van der Waals surface area contributed by atoms with Gasteiger partial charge in [-0.1, -0.05) is 36.4 Å². The van der Waals surface area contributed by atoms with Gasteiger partial charge in [0.25, 0.3) is 0 Å². The molecule has 0 spiro atoms. The van der Waals surface area contributed by atoms with Crippen molar-refractivity contribution in [2.45, 2.75) is 6.54 Å². The number of aromatic nitrogens is 1. The second-order valence-corrected chi connectivity index (χ2v) is 6.38. The maximum atomic E-state index is 13.5. The first-order valence-electron chi connectivity index (χ1n) is 8.63. The van der Waals surface area contributed by atoms with Crippen LogP contribution < -0.4 is 16.8 Å². The Morgan fingerprint density at radius 1 is 0.852 bits per heavy atom. The van der Waals surface area contributed by atoms with Crippen LogP contribution in [-0.2, 0) is 6.54 Å². The normalized spacial score (nSPS) is 10.9. The highest BCUT2D eigenvalue weighted by Crippen LogP contribution is 2.30. The van der Waals surface area contributed by atoms with Gasteiger partial charge in [-0.3, -0.25) is 0 Å². The molecule has 0 amide bonds. The largest absolute Gasteiger partial charge is 0.397 e. The molecule has 4 nitrogen and oxygen atoms in total. The minimum Gasteiger partial charge on any atom is -0.397 e. The van der Waals surface area contributed by atoms with Crippen molar-refractivity contribution in [1.29, 1.82) is 0 Å². The molecule has 5 N–H and O–H groups in total. The van der Waals surface area contributed by atoms with E-state index in [1.807, 2.05) is 48.5 Å². The fourth-order valence-corrected chi connectivity index (χ4v) is 3.16. The van der Waals surface area contributed by atoms with Gasteiger partial charge in [0.15, 0.2) is 0 Å². The van der Waals surface area contributed by atoms with E-state index in [0.29, 0.717) is 18.1 Å². The van der Waals surface area contributed by atoms with Crippen molar-refractivity contribution < 1.29 is 4.39 Å². The summed E-state index contributed by atoms with van der Waals surface area (Å²) in [6.07, 6.45) is 1.77. The van der Waals surface area contributed by atoms with Gasteiger partial charge in [0.1, 0.15) is 11.6 Å². The number of fused-ring (bicyclic) bond motifs is 1. The molecule has 4 rings (SSSR count). The van der Waals surface area contributed by atoms with Gasteiger partial charge in [0.05, 0.1) is 11.4 Å². The first-order valence-corrected chi connectivity index (χ1v) is 8.63. The van der Waals surface area contributed by atoms with E-state index in [4.69, 9.17) is 11.5 Å². The molecular weight excluding hydrogens is 339 g/mol. The molecule has 27 heavy (non-hydrogen) atoms. The lowest BCUT2D eigenvalue weighted by molar-refractivity contribution is 0.628. The molecule has 0 saturated heterocycles. The van der Waals surface area contributed by atoms with Gasteiger partial charge in [-0.05, 0) is 52.4 Å². The summed E-state index contributed by atoms with van der Waals surface area (Å²) < 4.78 is 13.5. The van der Waals surface area contributed by atoms with Crippen LogP contribution >= 0.6 is 0 Å². The van der Waals surface area contributed by atoms with Gasteiger partial charge in [0.2, 0.25) is 0 Å². The van der Waals surface area contributed by atoms with Crippen LogP contribution in [-0.4, -0.2) is 4.98 Å². The van der Waals surface area contributed by atoms with Crippen LogP contribution in [0.2, 0.25) is 0 Å². The van der Waals surface area contributed by atoms with Crippen LogP contribution in [0.1, 0.15) is 5.56 Å². The standard InChI is InChI=1S/C22H19FN4/c23-17-5-3-4-14(10-17)15-8-9-18-16(13-27-22(25)19(18)11-15)12-26-21-7-2-1-6-20(21)24/h1-11,13,26H,12,24H2,(H2,25,27). The number of halogens is 1. The van der Waals surface area contributed by atoms with Gasteiger partial charge in [-0.15, -0.1) is 0 Å². The quantitative estimate of drug-likeness (QED) is 0.457. The maximum absolute atomic E-state index is 13.5. The number of nitrogens with zero attached hydrogens (tertiary/aromatic N) is 1. The molecule has 0 bridgehead atoms. The molecule has 1 aromatic heterocycles. The van der Waals surface area contributed by atoms with E-state index < -0.39 is 0 Å². The highest BCUT2D eigenvalue weighted by molar-refractivity contribution is 5.96. The van der Waals surface area contributed by atoms with Crippen LogP contribution in [0.25, 0.3) is 21.9 Å². The Morgan fingerprint density at radius 2 is 1.67 bits per heavy atom. The van der Waals surface area contributed by atoms with E-state index >= 15 is 0 Å². The van der Waals surface area contributed by atoms with E-state index in [9.17, 15) is 4.39 Å². The minimum absolute atomic E-state index is 0.267. The third-order valence-corrected chi connectivity index (χ3v) is 4.59. The number of hydrogen-bond donors (Lipinski definition) is 3. The molecule has 0 aliphatic heterocycles. The Hall–Kier alpha value is -3.60. The highest BCUT2D eigenvalue weighted by Gasteiger charge is 2.09. The topological polar surface area (TPSA) is 77.0 Å². The third kappa shape index (κ3) is 3.40. The van der Waals surface area contributed by atoms with E-state index in [2.05, 4.69) is 10.3 Å². The van der Waals surface area contributed by atoms with Gasteiger partial charge in [-0.25, -0.2) is 9.37 Å². The average molecular weight is 358 g/mol. The van der Waals surface area contributed by atoms with Gasteiger partial charge >= 0.3 is 0 Å². The van der Waals surface area contributed by atoms with Crippen molar-refractivity contribution in [3.63, 3.8) is 0 Å². The van der Waals surface area contributed by atoms with Crippen molar-refractivity contribution in [2.24, 2.45) is 0 Å². The number of para-hydroxylation sites is 2. The number of nitrogens with two attached hydrogens (primary N) is 2. The minimum atomic E-state index is -0.267. The second-order valence-electron chi connectivity index (χ2n) is 6.38. The Labute approximate surface area is 156 Å². The number of rotatable bonds is 4. The SMILES string of the molecule is Nc1ccccc1NCc1cnc(N)c2cc(-c3cccc(F)c3)ccc12. The van der Waals surface area contributed by atoms with Crippen LogP contribution in [0.4, 0.5) is 21.6 Å². The fourth-order valence-electron chi connectivity index (χ4n) is 3.16. The Morgan fingerprint density at radius 3 is 2.48 bits per heavy atom. The lowest BCUT2D eigenvalue weighted by Gasteiger charge is -2.13. The van der Waals surface area contributed by atoms with E-state index in [0.717, 1.165) is 33.2 Å². The molecule has 0 aliphatic carbocycles. The number of nitrogen functional groups attached to an aromatic ring is 2. The smallest absolute Gasteiger partial charge is 0.131 e. The van der Waals surface area contributed by atoms with E-state index in [1.165, 1.54) is 12.1 Å². The lowest BCUT2D eigenvalue weighted by Crippen LogP contribution is -2.04. The summed E-state index contributed by atoms with van der Waals surface area (Å²) in [6, 6.07) is 20.0. The number of anilines is 3. The Kier molecular flexibility index (Phi) is 4.34. The summed E-state index contributed by atoms with van der Waals surface area (Å²) in [4.78, 5) is 4.33. The maximum Gasteiger partial charge on any atom is 0.131 e. The summed E-state index contributed by atoms with van der Waals surface area (Å²) in [5.74, 6) is 0.184. The molecule has 4 aromatic rings. The second kappa shape index (κ2) is 6.96. The highest BCUT2D eigenvalue weighted by atomic mass is 19.1. The summed E-state index contributed by atoms with van der Waals surface area (Å²) in [6.45, 7) is 0.567. The predicted octanol–water partition coefficient (Wildman–Crippen LogP) is 4.82. The molecule has 0 atom stereocenters. The zero-order valence-electron chi connectivity index (χ0n) is 14.6. The molecule has 0 unspecified atom stereocenters. The molecule has 0 saturated carbocycles. The van der Waals surface area contributed by atoms with Crippen molar-refractivity contribution >= 4 is 28.0 Å². The van der Waals surface area contributed by atoms with Crippen LogP contribution in [0.5, 0.6) is 0 Å². The van der Waals surface area contributed by atoms with Crippen molar-refractivity contribution in [1.82, 2.24) is 4.98 Å². The Balaban J connectivity index is 1.71. The predicted molar refractivity (Wildman–Crippen MR) is 110 cm³/mol. The van der Waals surface area contributed by atoms with Crippen molar-refractivity contribution in [2.75, 3.05) is 16.8 Å². The summed E-state index contributed by atoms with van der Waals surface area (Å²) >= 11 is 0. The summed E-state index contributed by atoms with van der Waals surface area (Å²) in [5.41, 5.74) is 16.4. The number of hydrogen-bond acceptors (Lipinski definition) is 4. The van der Waals surface area contributed by atoms with Crippen LogP contribution in [0.15, 0.2) is 72.9 Å². The average Bonchev–Trinajstić information content (AvgIpc) is 2.68. The van der Waals surface area contributed by atoms with Crippen molar-refractivity contribution in [3.8, 4) is 11.1 Å².